The number of rotatable bonds is 8. The first-order valence-corrected chi connectivity index (χ1v) is 12.6. The summed E-state index contributed by atoms with van der Waals surface area (Å²) in [6.07, 6.45) is 13.3. The van der Waals surface area contributed by atoms with E-state index in [9.17, 15) is 4.79 Å². The molecule has 2 aromatic carbocycles. The van der Waals surface area contributed by atoms with E-state index in [0.29, 0.717) is 18.4 Å². The highest BCUT2D eigenvalue weighted by atomic mass is 16.2. The summed E-state index contributed by atoms with van der Waals surface area (Å²) >= 11 is 0. The van der Waals surface area contributed by atoms with Crippen LogP contribution in [0.25, 0.3) is 0 Å². The Morgan fingerprint density at radius 3 is 2.30 bits per heavy atom. The molecule has 2 aliphatic rings. The number of amides is 1. The summed E-state index contributed by atoms with van der Waals surface area (Å²) in [6, 6.07) is 21.5. The molecule has 3 aromatic rings. The Labute approximate surface area is 197 Å². The van der Waals surface area contributed by atoms with Crippen LogP contribution in [0, 0.1) is 11.8 Å². The second-order valence-corrected chi connectivity index (χ2v) is 10.0. The third kappa shape index (κ3) is 5.55. The van der Waals surface area contributed by atoms with Gasteiger partial charge in [0.2, 0.25) is 5.91 Å². The minimum atomic E-state index is 0.334. The van der Waals surface area contributed by atoms with Crippen LogP contribution in [0.15, 0.2) is 73.2 Å². The van der Waals surface area contributed by atoms with Gasteiger partial charge in [0.1, 0.15) is 0 Å². The van der Waals surface area contributed by atoms with Crippen LogP contribution < -0.4 is 0 Å². The van der Waals surface area contributed by atoms with E-state index < -0.39 is 0 Å². The molecule has 2 heterocycles. The summed E-state index contributed by atoms with van der Waals surface area (Å²) < 4.78 is 2.32. The van der Waals surface area contributed by atoms with Gasteiger partial charge in [0.15, 0.2) is 0 Å². The highest BCUT2D eigenvalue weighted by Gasteiger charge is 2.34. The van der Waals surface area contributed by atoms with Crippen LogP contribution in [0.1, 0.15) is 61.8 Å². The first-order valence-electron chi connectivity index (χ1n) is 12.6. The zero-order chi connectivity index (χ0) is 22.5. The maximum Gasteiger partial charge on any atom is 0.223 e. The van der Waals surface area contributed by atoms with Crippen molar-refractivity contribution in [3.05, 3.63) is 90.0 Å². The lowest BCUT2D eigenvalue weighted by Crippen LogP contribution is -2.34. The monoisotopic (exact) mass is 441 g/mol. The third-order valence-electron chi connectivity index (χ3n) is 7.64. The molecule has 172 valence electrons. The smallest absolute Gasteiger partial charge is 0.223 e. The number of carbonyl (C=O) groups excluding carboxylic acids is 1. The molecule has 4 nitrogen and oxygen atoms in total. The predicted molar refractivity (Wildman–Crippen MR) is 132 cm³/mol. The summed E-state index contributed by atoms with van der Waals surface area (Å²) in [6.45, 7) is 1.66. The van der Waals surface area contributed by atoms with E-state index >= 15 is 0 Å². The van der Waals surface area contributed by atoms with Crippen molar-refractivity contribution in [3.63, 3.8) is 0 Å². The van der Waals surface area contributed by atoms with E-state index in [-0.39, 0.29) is 0 Å². The molecule has 1 amide bonds. The fraction of sp³-hybridized carbons (Fsp3) is 0.448. The van der Waals surface area contributed by atoms with Gasteiger partial charge in [-0.3, -0.25) is 4.79 Å². The number of hydrogen-bond donors (Lipinski definition) is 0. The molecule has 1 aliphatic heterocycles. The Morgan fingerprint density at radius 2 is 1.55 bits per heavy atom. The van der Waals surface area contributed by atoms with Gasteiger partial charge in [-0.1, -0.05) is 79.9 Å². The van der Waals surface area contributed by atoms with Crippen molar-refractivity contribution in [1.29, 1.82) is 0 Å². The van der Waals surface area contributed by atoms with Gasteiger partial charge in [0, 0.05) is 37.4 Å². The molecule has 1 unspecified atom stereocenters. The Balaban J connectivity index is 1.18. The summed E-state index contributed by atoms with van der Waals surface area (Å²) in [5, 5.41) is 0. The van der Waals surface area contributed by atoms with Crippen molar-refractivity contribution < 1.29 is 4.79 Å². The Bertz CT molecular complexity index is 1030. The second-order valence-electron chi connectivity index (χ2n) is 10.0. The van der Waals surface area contributed by atoms with Crippen molar-refractivity contribution in [2.24, 2.45) is 11.8 Å². The highest BCUT2D eigenvalue weighted by molar-refractivity contribution is 5.78. The summed E-state index contributed by atoms with van der Waals surface area (Å²) in [5.41, 5.74) is 3.92. The van der Waals surface area contributed by atoms with E-state index in [1.54, 1.807) is 0 Å². The SMILES string of the molecule is O=C1CC[C@@H](C[C@H]2CCCC(Cc3cncn3Cc3ccccc3)C2)N1Cc1ccccc1. The van der Waals surface area contributed by atoms with Gasteiger partial charge in [-0.05, 0) is 48.6 Å². The number of carbonyl (C=O) groups is 1. The topological polar surface area (TPSA) is 38.1 Å². The minimum absolute atomic E-state index is 0.334. The average Bonchev–Trinajstić information content (AvgIpc) is 3.42. The summed E-state index contributed by atoms with van der Waals surface area (Å²) in [7, 11) is 0. The van der Waals surface area contributed by atoms with Crippen LogP contribution in [0.5, 0.6) is 0 Å². The first-order chi connectivity index (χ1) is 16.2. The molecular formula is C29H35N3O. The number of benzene rings is 2. The minimum Gasteiger partial charge on any atom is -0.335 e. The standard InChI is InChI=1S/C29H35N3O/c33-29-15-14-27(32(29)21-24-10-5-2-6-11-24)17-25-12-7-13-26(16-25)18-28-19-30-22-31(28)20-23-8-3-1-4-9-23/h1-6,8-11,19,22,25-27H,7,12-18,20-21H2/t25-,26?,27-/m0/s1. The lowest BCUT2D eigenvalue weighted by Gasteiger charge is -2.33. The zero-order valence-electron chi connectivity index (χ0n) is 19.5. The Kier molecular flexibility index (Phi) is 6.89. The maximum atomic E-state index is 12.6. The van der Waals surface area contributed by atoms with Crippen molar-refractivity contribution in [1.82, 2.24) is 14.5 Å². The van der Waals surface area contributed by atoms with Crippen molar-refractivity contribution in [3.8, 4) is 0 Å². The molecule has 0 bridgehead atoms. The highest BCUT2D eigenvalue weighted by Crippen LogP contribution is 2.37. The average molecular weight is 442 g/mol. The van der Waals surface area contributed by atoms with Crippen molar-refractivity contribution in [2.45, 2.75) is 70.5 Å². The van der Waals surface area contributed by atoms with E-state index in [2.05, 4.69) is 75.2 Å². The van der Waals surface area contributed by atoms with E-state index in [4.69, 9.17) is 0 Å². The van der Waals surface area contributed by atoms with Crippen LogP contribution in [0.4, 0.5) is 0 Å². The Morgan fingerprint density at radius 1 is 0.848 bits per heavy atom. The molecule has 5 rings (SSSR count). The molecule has 33 heavy (non-hydrogen) atoms. The van der Waals surface area contributed by atoms with Crippen LogP contribution >= 0.6 is 0 Å². The van der Waals surface area contributed by atoms with Crippen LogP contribution in [-0.4, -0.2) is 26.4 Å². The zero-order valence-corrected chi connectivity index (χ0v) is 19.5. The maximum absolute atomic E-state index is 12.6. The fourth-order valence-corrected chi connectivity index (χ4v) is 5.96. The number of hydrogen-bond acceptors (Lipinski definition) is 2. The Hall–Kier alpha value is -2.88. The van der Waals surface area contributed by atoms with Gasteiger partial charge in [-0.2, -0.15) is 0 Å². The molecule has 4 heteroatoms. The van der Waals surface area contributed by atoms with Crippen LogP contribution in [0.3, 0.4) is 0 Å². The third-order valence-corrected chi connectivity index (χ3v) is 7.64. The van der Waals surface area contributed by atoms with Crippen molar-refractivity contribution in [2.75, 3.05) is 0 Å². The first kappa shape index (κ1) is 21.9. The van der Waals surface area contributed by atoms with Crippen LogP contribution in [-0.2, 0) is 24.3 Å². The van der Waals surface area contributed by atoms with Gasteiger partial charge in [0.05, 0.1) is 6.33 Å². The number of likely N-dealkylation sites (tertiary alicyclic amines) is 1. The molecule has 1 aliphatic carbocycles. The largest absolute Gasteiger partial charge is 0.335 e. The molecule has 0 spiro atoms. The molecule has 3 atom stereocenters. The second kappa shape index (κ2) is 10.4. The van der Waals surface area contributed by atoms with Gasteiger partial charge in [0.25, 0.3) is 0 Å². The lowest BCUT2D eigenvalue weighted by molar-refractivity contribution is -0.129. The predicted octanol–water partition coefficient (Wildman–Crippen LogP) is 5.86. The summed E-state index contributed by atoms with van der Waals surface area (Å²) in [4.78, 5) is 19.2. The fourth-order valence-electron chi connectivity index (χ4n) is 5.96. The van der Waals surface area contributed by atoms with Gasteiger partial charge in [-0.15, -0.1) is 0 Å². The molecule has 0 radical (unpaired) electrons. The molecule has 0 N–H and O–H groups in total. The number of nitrogens with zero attached hydrogens (tertiary/aromatic N) is 3. The quantitative estimate of drug-likeness (QED) is 0.439. The number of aromatic nitrogens is 2. The van der Waals surface area contributed by atoms with Crippen molar-refractivity contribution >= 4 is 5.91 Å². The molecular weight excluding hydrogens is 406 g/mol. The van der Waals surface area contributed by atoms with E-state index in [1.807, 2.05) is 12.4 Å². The van der Waals surface area contributed by atoms with Gasteiger partial charge < -0.3 is 9.47 Å². The summed E-state index contributed by atoms with van der Waals surface area (Å²) in [5.74, 6) is 1.78. The molecule has 1 saturated heterocycles. The number of imidazole rings is 1. The van der Waals surface area contributed by atoms with Gasteiger partial charge >= 0.3 is 0 Å². The normalized spacial score (nSPS) is 23.2. The molecule has 1 saturated carbocycles. The van der Waals surface area contributed by atoms with Gasteiger partial charge in [-0.25, -0.2) is 4.98 Å². The molecule has 1 aromatic heterocycles. The molecule has 2 fully saturated rings. The van der Waals surface area contributed by atoms with E-state index in [1.165, 1.54) is 48.9 Å². The van der Waals surface area contributed by atoms with E-state index in [0.717, 1.165) is 37.8 Å². The van der Waals surface area contributed by atoms with Crippen LogP contribution in [0.2, 0.25) is 0 Å². The lowest BCUT2D eigenvalue weighted by atomic mass is 9.76.